The summed E-state index contributed by atoms with van der Waals surface area (Å²) in [6, 6.07) is 8.90. The highest BCUT2D eigenvalue weighted by molar-refractivity contribution is 5.78. The fraction of sp³-hybridized carbons (Fsp3) is 0.667. The van der Waals surface area contributed by atoms with Gasteiger partial charge >= 0.3 is 0 Å². The lowest BCUT2D eigenvalue weighted by Crippen LogP contribution is -2.19. The van der Waals surface area contributed by atoms with E-state index in [1.807, 2.05) is 6.92 Å². The largest absolute Gasteiger partial charge is 0.300 e. The third-order valence-corrected chi connectivity index (χ3v) is 4.85. The summed E-state index contributed by atoms with van der Waals surface area (Å²) >= 11 is 0. The molecule has 0 fully saturated rings. The van der Waals surface area contributed by atoms with Gasteiger partial charge in [-0.2, -0.15) is 0 Å². The normalized spacial score (nSPS) is 13.8. The van der Waals surface area contributed by atoms with Gasteiger partial charge in [0.1, 0.15) is 5.78 Å². The fourth-order valence-corrected chi connectivity index (χ4v) is 3.14. The number of rotatable bonds is 11. The van der Waals surface area contributed by atoms with Crippen LogP contribution in [0.25, 0.3) is 0 Å². The van der Waals surface area contributed by atoms with Gasteiger partial charge < -0.3 is 0 Å². The molecule has 0 aliphatic carbocycles. The van der Waals surface area contributed by atoms with Crippen LogP contribution in [0.5, 0.6) is 0 Å². The van der Waals surface area contributed by atoms with E-state index in [0.29, 0.717) is 24.0 Å². The van der Waals surface area contributed by atoms with Crippen molar-refractivity contribution < 1.29 is 4.79 Å². The van der Waals surface area contributed by atoms with E-state index in [9.17, 15) is 4.79 Å². The van der Waals surface area contributed by atoms with Crippen LogP contribution in [0.2, 0.25) is 0 Å². The number of benzene rings is 1. The summed E-state index contributed by atoms with van der Waals surface area (Å²) in [5.74, 6) is 1.54. The van der Waals surface area contributed by atoms with Crippen molar-refractivity contribution in [1.82, 2.24) is 0 Å². The molecule has 1 rings (SSSR count). The molecule has 0 spiro atoms. The summed E-state index contributed by atoms with van der Waals surface area (Å²) in [7, 11) is 0. The van der Waals surface area contributed by atoms with Crippen LogP contribution in [0.15, 0.2) is 24.3 Å². The molecule has 0 bridgehead atoms. The minimum Gasteiger partial charge on any atom is -0.300 e. The van der Waals surface area contributed by atoms with E-state index in [1.54, 1.807) is 0 Å². The van der Waals surface area contributed by atoms with E-state index in [2.05, 4.69) is 45.0 Å². The SMILES string of the molecule is CCCCCC(C)[C@@H](CC(=O)CC)Cc1cccc(CC)c1. The van der Waals surface area contributed by atoms with Gasteiger partial charge in [-0.1, -0.05) is 77.6 Å². The van der Waals surface area contributed by atoms with Crippen molar-refractivity contribution in [3.63, 3.8) is 0 Å². The minimum atomic E-state index is 0.416. The van der Waals surface area contributed by atoms with Crippen molar-refractivity contribution in [3.8, 4) is 0 Å². The maximum Gasteiger partial charge on any atom is 0.132 e. The topological polar surface area (TPSA) is 17.1 Å². The number of hydrogen-bond donors (Lipinski definition) is 0. The highest BCUT2D eigenvalue weighted by Crippen LogP contribution is 2.27. The monoisotopic (exact) mass is 302 g/mol. The highest BCUT2D eigenvalue weighted by atomic mass is 16.1. The van der Waals surface area contributed by atoms with Gasteiger partial charge in [-0.3, -0.25) is 4.79 Å². The zero-order chi connectivity index (χ0) is 16.4. The molecule has 0 heterocycles. The predicted molar refractivity (Wildman–Crippen MR) is 96.2 cm³/mol. The number of ketones is 1. The van der Waals surface area contributed by atoms with E-state index in [-0.39, 0.29) is 0 Å². The van der Waals surface area contributed by atoms with E-state index in [4.69, 9.17) is 0 Å². The number of aryl methyl sites for hydroxylation is 1. The molecule has 22 heavy (non-hydrogen) atoms. The van der Waals surface area contributed by atoms with Gasteiger partial charge in [-0.15, -0.1) is 0 Å². The van der Waals surface area contributed by atoms with E-state index < -0.39 is 0 Å². The van der Waals surface area contributed by atoms with Gasteiger partial charge in [0.2, 0.25) is 0 Å². The molecular weight excluding hydrogens is 268 g/mol. The number of Topliss-reactive ketones (excluding diaryl/α,β-unsaturated/α-hetero) is 1. The van der Waals surface area contributed by atoms with Gasteiger partial charge in [-0.05, 0) is 35.8 Å². The van der Waals surface area contributed by atoms with Crippen LogP contribution in [0, 0.1) is 11.8 Å². The van der Waals surface area contributed by atoms with Crippen molar-refractivity contribution in [2.75, 3.05) is 0 Å². The second-order valence-corrected chi connectivity index (χ2v) is 6.71. The Morgan fingerprint density at radius 3 is 2.45 bits per heavy atom. The predicted octanol–water partition coefficient (Wildman–Crippen LogP) is 5.99. The first-order valence-corrected chi connectivity index (χ1v) is 9.20. The second-order valence-electron chi connectivity index (χ2n) is 6.71. The van der Waals surface area contributed by atoms with Gasteiger partial charge in [0.15, 0.2) is 0 Å². The van der Waals surface area contributed by atoms with Crippen LogP contribution in [0.4, 0.5) is 0 Å². The van der Waals surface area contributed by atoms with Crippen LogP contribution >= 0.6 is 0 Å². The number of carbonyl (C=O) groups is 1. The Morgan fingerprint density at radius 1 is 1.09 bits per heavy atom. The van der Waals surface area contributed by atoms with E-state index in [0.717, 1.165) is 19.3 Å². The van der Waals surface area contributed by atoms with Gasteiger partial charge in [0.05, 0.1) is 0 Å². The summed E-state index contributed by atoms with van der Waals surface area (Å²) in [6.07, 6.45) is 8.68. The van der Waals surface area contributed by atoms with Crippen molar-refractivity contribution in [3.05, 3.63) is 35.4 Å². The Bertz CT molecular complexity index is 435. The maximum absolute atomic E-state index is 12.0. The van der Waals surface area contributed by atoms with E-state index >= 15 is 0 Å². The van der Waals surface area contributed by atoms with Gasteiger partial charge in [0, 0.05) is 12.8 Å². The standard InChI is InChI=1S/C21H34O/c1-5-8-9-11-17(4)20(16-21(22)7-3)15-19-13-10-12-18(6-2)14-19/h10,12-14,17,20H,5-9,11,15-16H2,1-4H3/t17?,20-/m1/s1. The molecule has 0 aromatic heterocycles. The first-order valence-electron chi connectivity index (χ1n) is 9.20. The molecule has 0 aliphatic rings. The zero-order valence-electron chi connectivity index (χ0n) is 15.0. The molecule has 0 amide bonds. The Labute approximate surface area is 137 Å². The molecule has 1 unspecified atom stereocenters. The van der Waals surface area contributed by atoms with Crippen molar-refractivity contribution >= 4 is 5.78 Å². The Morgan fingerprint density at radius 2 is 1.82 bits per heavy atom. The summed E-state index contributed by atoms with van der Waals surface area (Å²) in [6.45, 7) is 8.77. The van der Waals surface area contributed by atoms with Crippen molar-refractivity contribution in [2.24, 2.45) is 11.8 Å². The molecule has 0 radical (unpaired) electrons. The van der Waals surface area contributed by atoms with Gasteiger partial charge in [0.25, 0.3) is 0 Å². The smallest absolute Gasteiger partial charge is 0.132 e. The third kappa shape index (κ3) is 6.77. The molecule has 0 saturated heterocycles. The zero-order valence-corrected chi connectivity index (χ0v) is 15.0. The van der Waals surface area contributed by atoms with Gasteiger partial charge in [-0.25, -0.2) is 0 Å². The lowest BCUT2D eigenvalue weighted by atomic mass is 9.81. The summed E-state index contributed by atoms with van der Waals surface area (Å²) in [4.78, 5) is 12.0. The fourth-order valence-electron chi connectivity index (χ4n) is 3.14. The highest BCUT2D eigenvalue weighted by Gasteiger charge is 2.20. The molecule has 1 aromatic carbocycles. The molecule has 124 valence electrons. The average Bonchev–Trinajstić information content (AvgIpc) is 2.54. The Kier molecular flexibility index (Phi) is 9.11. The quantitative estimate of drug-likeness (QED) is 0.459. The second kappa shape index (κ2) is 10.6. The van der Waals surface area contributed by atoms with Crippen LogP contribution in [-0.4, -0.2) is 5.78 Å². The Balaban J connectivity index is 2.73. The van der Waals surface area contributed by atoms with E-state index in [1.165, 1.54) is 36.8 Å². The molecule has 1 nitrogen and oxygen atoms in total. The summed E-state index contributed by atoms with van der Waals surface area (Å²) in [5.41, 5.74) is 2.80. The molecule has 1 aromatic rings. The number of unbranched alkanes of at least 4 members (excludes halogenated alkanes) is 2. The molecule has 0 N–H and O–H groups in total. The lowest BCUT2D eigenvalue weighted by molar-refractivity contribution is -0.120. The van der Waals surface area contributed by atoms with Crippen LogP contribution in [0.3, 0.4) is 0 Å². The first-order chi connectivity index (χ1) is 10.6. The van der Waals surface area contributed by atoms with Crippen LogP contribution < -0.4 is 0 Å². The summed E-state index contributed by atoms with van der Waals surface area (Å²) in [5, 5.41) is 0. The molecule has 2 atom stereocenters. The first kappa shape index (κ1) is 18.9. The minimum absolute atomic E-state index is 0.416. The van der Waals surface area contributed by atoms with Crippen LogP contribution in [0.1, 0.15) is 77.3 Å². The number of carbonyl (C=O) groups excluding carboxylic acids is 1. The average molecular weight is 303 g/mol. The van der Waals surface area contributed by atoms with Crippen molar-refractivity contribution in [1.29, 1.82) is 0 Å². The third-order valence-electron chi connectivity index (χ3n) is 4.85. The molecule has 0 aliphatic heterocycles. The number of hydrogen-bond acceptors (Lipinski definition) is 1. The molecule has 0 saturated carbocycles. The maximum atomic E-state index is 12.0. The van der Waals surface area contributed by atoms with Crippen molar-refractivity contribution in [2.45, 2.75) is 79.1 Å². The lowest BCUT2D eigenvalue weighted by Gasteiger charge is -2.24. The Hall–Kier alpha value is -1.11. The summed E-state index contributed by atoms with van der Waals surface area (Å²) < 4.78 is 0. The molecular formula is C21H34O. The molecule has 1 heteroatoms. The van der Waals surface area contributed by atoms with Crippen LogP contribution in [-0.2, 0) is 17.6 Å².